The average molecular weight is 505 g/mol. The molecule has 0 unspecified atom stereocenters. The molecule has 2 aliphatic heterocycles. The second-order valence-corrected chi connectivity index (χ2v) is 8.67. The van der Waals surface area contributed by atoms with Gasteiger partial charge in [-0.2, -0.15) is 0 Å². The molecule has 0 spiro atoms. The molecular formula is C24H24ClFN3O6-. The van der Waals surface area contributed by atoms with Gasteiger partial charge < -0.3 is 24.6 Å². The second kappa shape index (κ2) is 11.0. The summed E-state index contributed by atoms with van der Waals surface area (Å²) in [6.45, 7) is 1.78. The molecule has 0 saturated carbocycles. The maximum atomic E-state index is 14.7. The number of hydrogen-bond acceptors (Lipinski definition) is 7. The minimum absolute atomic E-state index is 0.00903. The highest BCUT2D eigenvalue weighted by Crippen LogP contribution is 2.28. The highest BCUT2D eigenvalue weighted by atomic mass is 35.5. The van der Waals surface area contributed by atoms with Crippen molar-refractivity contribution in [3.05, 3.63) is 64.1 Å². The van der Waals surface area contributed by atoms with Gasteiger partial charge in [0.2, 0.25) is 5.91 Å². The second-order valence-electron chi connectivity index (χ2n) is 8.24. The molecule has 1 atom stereocenters. The Morgan fingerprint density at radius 2 is 1.83 bits per heavy atom. The Morgan fingerprint density at radius 3 is 2.51 bits per heavy atom. The van der Waals surface area contributed by atoms with Gasteiger partial charge in [0.05, 0.1) is 31.1 Å². The monoisotopic (exact) mass is 504 g/mol. The van der Waals surface area contributed by atoms with E-state index in [0.717, 1.165) is 0 Å². The van der Waals surface area contributed by atoms with Crippen molar-refractivity contribution in [2.75, 3.05) is 49.2 Å². The Balaban J connectivity index is 1.29. The van der Waals surface area contributed by atoms with Gasteiger partial charge >= 0.3 is 6.09 Å². The van der Waals surface area contributed by atoms with E-state index in [1.165, 1.54) is 11.0 Å². The molecule has 2 heterocycles. The molecular weight excluding hydrogens is 481 g/mol. The molecule has 35 heavy (non-hydrogen) atoms. The number of carbonyl (C=O) groups is 3. The predicted octanol–water partition coefficient (Wildman–Crippen LogP) is 3.63. The number of anilines is 2. The minimum atomic E-state index is -0.877. The van der Waals surface area contributed by atoms with Gasteiger partial charge in [-0.05, 0) is 42.5 Å². The van der Waals surface area contributed by atoms with Crippen LogP contribution in [0.15, 0.2) is 42.5 Å². The van der Waals surface area contributed by atoms with Crippen molar-refractivity contribution < 1.29 is 28.2 Å². The van der Waals surface area contributed by atoms with Crippen molar-refractivity contribution in [3.8, 4) is 0 Å². The third-order valence-corrected chi connectivity index (χ3v) is 6.10. The van der Waals surface area contributed by atoms with Crippen LogP contribution in [-0.2, 0) is 14.3 Å². The Bertz CT molecular complexity index is 1090. The molecule has 2 fully saturated rings. The van der Waals surface area contributed by atoms with E-state index in [2.05, 4.69) is 0 Å². The summed E-state index contributed by atoms with van der Waals surface area (Å²) in [4.78, 5) is 39.8. The van der Waals surface area contributed by atoms with Gasteiger partial charge in [0, 0.05) is 43.1 Å². The number of halogens is 2. The number of morpholine rings is 1. The Labute approximate surface area is 206 Å². The summed E-state index contributed by atoms with van der Waals surface area (Å²) >= 11 is 5.80. The summed E-state index contributed by atoms with van der Waals surface area (Å²) < 4.78 is 25.2. The molecule has 2 amide bonds. The lowest BCUT2D eigenvalue weighted by molar-refractivity contribution is -0.129. The highest BCUT2D eigenvalue weighted by Gasteiger charge is 2.33. The van der Waals surface area contributed by atoms with Crippen LogP contribution in [-0.4, -0.2) is 68.3 Å². The maximum absolute atomic E-state index is 14.7. The van der Waals surface area contributed by atoms with Crippen molar-refractivity contribution in [1.82, 2.24) is 5.06 Å². The number of rotatable bonds is 8. The fourth-order valence-electron chi connectivity index (χ4n) is 3.96. The lowest BCUT2D eigenvalue weighted by Gasteiger charge is -2.30. The molecule has 0 bridgehead atoms. The number of benzene rings is 2. The van der Waals surface area contributed by atoms with E-state index >= 15 is 0 Å². The van der Waals surface area contributed by atoms with Crippen LogP contribution in [0.25, 0.3) is 0 Å². The number of amides is 2. The molecule has 0 N–H and O–H groups in total. The summed E-state index contributed by atoms with van der Waals surface area (Å²) in [5, 5.41) is 12.9. The van der Waals surface area contributed by atoms with Gasteiger partial charge in [0.1, 0.15) is 11.9 Å². The molecule has 2 aliphatic rings. The van der Waals surface area contributed by atoms with Crippen molar-refractivity contribution in [1.29, 1.82) is 0 Å². The molecule has 2 saturated heterocycles. The maximum Gasteiger partial charge on any atom is 0.414 e. The van der Waals surface area contributed by atoms with Crippen molar-refractivity contribution in [3.63, 3.8) is 0 Å². The standard InChI is InChI=1S/C24H24ClFN3O6/c25-17-3-1-16(2-4-17)22(30)7-8-23(31)29(33)15-19-14-28(24(32)35-19)18-5-6-21(20(26)13-18)27-9-11-34-12-10-27/h1-6,13,19H,7-12,14-15H2/q-1/t19-/m0/s1. The molecule has 9 nitrogen and oxygen atoms in total. The molecule has 11 heteroatoms. The van der Waals surface area contributed by atoms with E-state index in [9.17, 15) is 24.0 Å². The number of cyclic esters (lactones) is 1. The van der Waals surface area contributed by atoms with E-state index in [4.69, 9.17) is 21.1 Å². The summed E-state index contributed by atoms with van der Waals surface area (Å²) in [5.74, 6) is -1.56. The van der Waals surface area contributed by atoms with Gasteiger partial charge in [-0.15, -0.1) is 0 Å². The first-order valence-corrected chi connectivity index (χ1v) is 11.6. The summed E-state index contributed by atoms with van der Waals surface area (Å²) in [5.41, 5.74) is 1.11. The van der Waals surface area contributed by atoms with Crippen LogP contribution in [0.3, 0.4) is 0 Å². The van der Waals surface area contributed by atoms with Crippen molar-refractivity contribution in [2.45, 2.75) is 18.9 Å². The Hall–Kier alpha value is -3.21. The number of carbonyl (C=O) groups excluding carboxylic acids is 3. The Morgan fingerprint density at radius 1 is 1.11 bits per heavy atom. The van der Waals surface area contributed by atoms with Crippen molar-refractivity contribution in [2.24, 2.45) is 0 Å². The molecule has 0 aliphatic carbocycles. The van der Waals surface area contributed by atoms with Gasteiger partial charge in [0.15, 0.2) is 5.78 Å². The van der Waals surface area contributed by atoms with E-state index in [1.807, 2.05) is 4.90 Å². The highest BCUT2D eigenvalue weighted by molar-refractivity contribution is 6.30. The first-order valence-electron chi connectivity index (χ1n) is 11.2. The SMILES string of the molecule is O=C(CCC(=O)N([O-])C[C@@H]1CN(c2ccc(N3CCOCC3)c(F)c2)C(=O)O1)c1ccc(Cl)cc1. The number of ether oxygens (including phenoxy) is 2. The van der Waals surface area contributed by atoms with E-state index in [1.54, 1.807) is 36.4 Å². The number of ketones is 1. The Kier molecular flexibility index (Phi) is 7.84. The first kappa shape index (κ1) is 24.9. The number of hydroxylamine groups is 2. The topological polar surface area (TPSA) is 102 Å². The summed E-state index contributed by atoms with van der Waals surface area (Å²) in [6.07, 6.45) is -2.01. The van der Waals surface area contributed by atoms with Gasteiger partial charge in [0.25, 0.3) is 0 Å². The van der Waals surface area contributed by atoms with E-state index in [-0.39, 0.29) is 36.8 Å². The van der Waals surface area contributed by atoms with Crippen LogP contribution in [0.1, 0.15) is 23.2 Å². The smallest absolute Gasteiger partial charge is 0.414 e. The van der Waals surface area contributed by atoms with Crippen LogP contribution in [0, 0.1) is 11.0 Å². The predicted molar refractivity (Wildman–Crippen MR) is 127 cm³/mol. The molecule has 4 rings (SSSR count). The van der Waals surface area contributed by atoms with Crippen LogP contribution < -0.4 is 9.80 Å². The molecule has 2 aromatic rings. The fraction of sp³-hybridized carbons (Fsp3) is 0.375. The van der Waals surface area contributed by atoms with Gasteiger partial charge in [-0.25, -0.2) is 9.18 Å². The van der Waals surface area contributed by atoms with E-state index in [0.29, 0.717) is 48.3 Å². The van der Waals surface area contributed by atoms with Crippen LogP contribution in [0.2, 0.25) is 5.02 Å². The summed E-state index contributed by atoms with van der Waals surface area (Å²) in [7, 11) is 0. The van der Waals surface area contributed by atoms with Crippen molar-refractivity contribution >= 4 is 40.8 Å². The van der Waals surface area contributed by atoms with Crippen LogP contribution in [0.5, 0.6) is 0 Å². The third kappa shape index (κ3) is 6.08. The van der Waals surface area contributed by atoms with Crippen LogP contribution >= 0.6 is 11.6 Å². The quantitative estimate of drug-likeness (QED) is 0.399. The molecule has 186 valence electrons. The lowest BCUT2D eigenvalue weighted by atomic mass is 10.1. The van der Waals surface area contributed by atoms with Gasteiger partial charge in [-0.3, -0.25) is 14.5 Å². The zero-order valence-corrected chi connectivity index (χ0v) is 19.6. The normalized spacial score (nSPS) is 17.9. The summed E-state index contributed by atoms with van der Waals surface area (Å²) in [6, 6.07) is 10.7. The third-order valence-electron chi connectivity index (χ3n) is 5.85. The van der Waals surface area contributed by atoms with Gasteiger partial charge in [-0.1, -0.05) is 11.6 Å². The number of Topliss-reactive ketones (excluding diaryl/α,β-unsaturated/α-hetero) is 1. The average Bonchev–Trinajstić information content (AvgIpc) is 3.22. The molecule has 0 radical (unpaired) electrons. The number of hydrogen-bond donors (Lipinski definition) is 0. The minimum Gasteiger partial charge on any atom is -0.756 e. The largest absolute Gasteiger partial charge is 0.756 e. The molecule has 0 aromatic heterocycles. The van der Waals surface area contributed by atoms with E-state index < -0.39 is 23.9 Å². The fourth-order valence-corrected chi connectivity index (χ4v) is 4.09. The first-order chi connectivity index (χ1) is 16.8. The van der Waals surface area contributed by atoms with Crippen LogP contribution in [0.4, 0.5) is 20.6 Å². The molecule has 2 aromatic carbocycles. The zero-order valence-electron chi connectivity index (χ0n) is 18.8. The lowest BCUT2D eigenvalue weighted by Crippen LogP contribution is -2.37. The number of nitrogens with zero attached hydrogens (tertiary/aromatic N) is 3. The zero-order chi connectivity index (χ0) is 24.9.